The predicted molar refractivity (Wildman–Crippen MR) is 103 cm³/mol. The molecule has 2 aromatic rings. The molecule has 2 rings (SSSR count). The number of carbonyl (C=O) groups is 2. The molecule has 8 heteroatoms. The molecule has 6 nitrogen and oxygen atoms in total. The minimum Gasteiger partial charge on any atom is -0.348 e. The Morgan fingerprint density at radius 3 is 2.42 bits per heavy atom. The van der Waals surface area contributed by atoms with Crippen LogP contribution >= 0.6 is 11.8 Å². The second kappa shape index (κ2) is 8.37. The molecular formula is C18H20N2O4S2. The molecule has 0 bridgehead atoms. The van der Waals surface area contributed by atoms with Gasteiger partial charge in [-0.3, -0.25) is 9.59 Å². The summed E-state index contributed by atoms with van der Waals surface area (Å²) in [7, 11) is -0.00406. The zero-order valence-corrected chi connectivity index (χ0v) is 16.4. The third-order valence-electron chi connectivity index (χ3n) is 3.50. The SMILES string of the molecule is CN(C)C(=O)CSc1ccccc1C(=O)Nc1cccc(S(C)(=O)=O)c1. The lowest BCUT2D eigenvalue weighted by molar-refractivity contribution is -0.125. The maximum Gasteiger partial charge on any atom is 0.256 e. The van der Waals surface area contributed by atoms with E-state index in [0.717, 1.165) is 6.26 Å². The van der Waals surface area contributed by atoms with E-state index in [1.165, 1.54) is 28.8 Å². The van der Waals surface area contributed by atoms with E-state index in [-0.39, 0.29) is 22.5 Å². The number of thioether (sulfide) groups is 1. The van der Waals surface area contributed by atoms with Crippen molar-refractivity contribution in [2.24, 2.45) is 0 Å². The second-order valence-electron chi connectivity index (χ2n) is 5.83. The lowest BCUT2D eigenvalue weighted by Crippen LogP contribution is -2.23. The van der Waals surface area contributed by atoms with Gasteiger partial charge in [0.05, 0.1) is 16.2 Å². The van der Waals surface area contributed by atoms with Crippen LogP contribution in [0.5, 0.6) is 0 Å². The number of sulfone groups is 1. The van der Waals surface area contributed by atoms with Gasteiger partial charge >= 0.3 is 0 Å². The Kier molecular flexibility index (Phi) is 6.44. The van der Waals surface area contributed by atoms with E-state index in [4.69, 9.17) is 0 Å². The van der Waals surface area contributed by atoms with Crippen LogP contribution in [0, 0.1) is 0 Å². The summed E-state index contributed by atoms with van der Waals surface area (Å²) in [6, 6.07) is 13.1. The van der Waals surface area contributed by atoms with Crippen LogP contribution in [0.15, 0.2) is 58.3 Å². The summed E-state index contributed by atoms with van der Waals surface area (Å²) in [5.41, 5.74) is 0.816. The average molecular weight is 393 g/mol. The molecule has 0 saturated carbocycles. The molecule has 0 heterocycles. The van der Waals surface area contributed by atoms with Crippen LogP contribution in [0.1, 0.15) is 10.4 Å². The zero-order valence-electron chi connectivity index (χ0n) is 14.7. The molecule has 0 saturated heterocycles. The van der Waals surface area contributed by atoms with Crippen molar-refractivity contribution in [3.8, 4) is 0 Å². The van der Waals surface area contributed by atoms with Crippen LogP contribution in [0.4, 0.5) is 5.69 Å². The van der Waals surface area contributed by atoms with Crippen molar-refractivity contribution >= 4 is 39.1 Å². The van der Waals surface area contributed by atoms with Crippen molar-refractivity contribution < 1.29 is 18.0 Å². The first-order valence-corrected chi connectivity index (χ1v) is 10.6. The Morgan fingerprint density at radius 2 is 1.77 bits per heavy atom. The lowest BCUT2D eigenvalue weighted by atomic mass is 10.2. The summed E-state index contributed by atoms with van der Waals surface area (Å²) in [4.78, 5) is 26.7. The summed E-state index contributed by atoms with van der Waals surface area (Å²) in [5, 5.41) is 2.71. The smallest absolute Gasteiger partial charge is 0.256 e. The highest BCUT2D eigenvalue weighted by atomic mass is 32.2. The maximum atomic E-state index is 12.6. The van der Waals surface area contributed by atoms with Gasteiger partial charge in [0.15, 0.2) is 9.84 Å². The molecule has 0 radical (unpaired) electrons. The molecule has 0 aromatic heterocycles. The lowest BCUT2D eigenvalue weighted by Gasteiger charge is -2.12. The minimum absolute atomic E-state index is 0.0499. The van der Waals surface area contributed by atoms with Gasteiger partial charge in [0.1, 0.15) is 0 Å². The summed E-state index contributed by atoms with van der Waals surface area (Å²) >= 11 is 1.28. The largest absolute Gasteiger partial charge is 0.348 e. The normalized spacial score (nSPS) is 11.0. The highest BCUT2D eigenvalue weighted by molar-refractivity contribution is 8.00. The van der Waals surface area contributed by atoms with E-state index in [9.17, 15) is 18.0 Å². The Balaban J connectivity index is 2.19. The van der Waals surface area contributed by atoms with Gasteiger partial charge < -0.3 is 10.2 Å². The third-order valence-corrected chi connectivity index (χ3v) is 5.67. The van der Waals surface area contributed by atoms with Crippen molar-refractivity contribution in [3.05, 3.63) is 54.1 Å². The molecule has 1 N–H and O–H groups in total. The molecule has 0 aliphatic rings. The standard InChI is InChI=1S/C18H20N2O4S2/c1-20(2)17(21)12-25-16-10-5-4-9-15(16)18(22)19-13-7-6-8-14(11-13)26(3,23)24/h4-11H,12H2,1-3H3,(H,19,22). The fraction of sp³-hybridized carbons (Fsp3) is 0.222. The highest BCUT2D eigenvalue weighted by Gasteiger charge is 2.15. The minimum atomic E-state index is -3.36. The third kappa shape index (κ3) is 5.34. The predicted octanol–water partition coefficient (Wildman–Crippen LogP) is 2.52. The fourth-order valence-corrected chi connectivity index (χ4v) is 3.75. The van der Waals surface area contributed by atoms with Crippen molar-refractivity contribution in [1.82, 2.24) is 4.90 Å². The number of hydrogen-bond acceptors (Lipinski definition) is 5. The summed E-state index contributed by atoms with van der Waals surface area (Å²) in [6.07, 6.45) is 1.11. The first-order valence-electron chi connectivity index (χ1n) is 7.72. The summed E-state index contributed by atoms with van der Waals surface area (Å²) < 4.78 is 23.3. The van der Waals surface area contributed by atoms with Crippen molar-refractivity contribution in [2.45, 2.75) is 9.79 Å². The van der Waals surface area contributed by atoms with Crippen molar-refractivity contribution in [3.63, 3.8) is 0 Å². The van der Waals surface area contributed by atoms with Gasteiger partial charge in [-0.1, -0.05) is 18.2 Å². The van der Waals surface area contributed by atoms with Crippen LogP contribution in [0.25, 0.3) is 0 Å². The summed E-state index contributed by atoms with van der Waals surface area (Å²) in [5.74, 6) is -0.192. The van der Waals surface area contributed by atoms with Crippen LogP contribution < -0.4 is 5.32 Å². The number of carbonyl (C=O) groups excluding carboxylic acids is 2. The summed E-state index contributed by atoms with van der Waals surface area (Å²) in [6.45, 7) is 0. The second-order valence-corrected chi connectivity index (χ2v) is 8.86. The monoisotopic (exact) mass is 392 g/mol. The van der Waals surface area contributed by atoms with E-state index in [1.54, 1.807) is 50.5 Å². The number of rotatable bonds is 6. The van der Waals surface area contributed by atoms with Gasteiger partial charge in [0, 0.05) is 30.9 Å². The van der Waals surface area contributed by atoms with Gasteiger partial charge in [0.2, 0.25) is 5.91 Å². The van der Waals surface area contributed by atoms with Crippen LogP contribution in [-0.4, -0.2) is 51.2 Å². The van der Waals surface area contributed by atoms with Crippen molar-refractivity contribution in [2.75, 3.05) is 31.4 Å². The maximum absolute atomic E-state index is 12.6. The molecule has 138 valence electrons. The first-order chi connectivity index (χ1) is 12.2. The first kappa shape index (κ1) is 20.0. The number of hydrogen-bond donors (Lipinski definition) is 1. The number of nitrogens with zero attached hydrogens (tertiary/aromatic N) is 1. The zero-order chi connectivity index (χ0) is 19.3. The van der Waals surface area contributed by atoms with E-state index < -0.39 is 9.84 Å². The highest BCUT2D eigenvalue weighted by Crippen LogP contribution is 2.24. The molecule has 0 atom stereocenters. The molecular weight excluding hydrogens is 372 g/mol. The number of benzene rings is 2. The van der Waals surface area contributed by atoms with E-state index >= 15 is 0 Å². The molecule has 0 fully saturated rings. The van der Waals surface area contributed by atoms with Crippen LogP contribution in [-0.2, 0) is 14.6 Å². The van der Waals surface area contributed by atoms with Gasteiger partial charge in [-0.2, -0.15) is 0 Å². The Hall–Kier alpha value is -2.32. The molecule has 0 unspecified atom stereocenters. The van der Waals surface area contributed by atoms with Gasteiger partial charge in [-0.25, -0.2) is 8.42 Å². The van der Waals surface area contributed by atoms with E-state index in [2.05, 4.69) is 5.32 Å². The number of anilines is 1. The molecule has 26 heavy (non-hydrogen) atoms. The molecule has 2 aromatic carbocycles. The Bertz CT molecular complexity index is 924. The quantitative estimate of drug-likeness (QED) is 0.764. The fourth-order valence-electron chi connectivity index (χ4n) is 2.05. The van der Waals surface area contributed by atoms with E-state index in [0.29, 0.717) is 16.1 Å². The van der Waals surface area contributed by atoms with Crippen LogP contribution in [0.2, 0.25) is 0 Å². The van der Waals surface area contributed by atoms with Crippen LogP contribution in [0.3, 0.4) is 0 Å². The topological polar surface area (TPSA) is 83.6 Å². The van der Waals surface area contributed by atoms with Gasteiger partial charge in [0.25, 0.3) is 5.91 Å². The Morgan fingerprint density at radius 1 is 1.08 bits per heavy atom. The van der Waals surface area contributed by atoms with E-state index in [1.807, 2.05) is 0 Å². The molecule has 0 aliphatic heterocycles. The van der Waals surface area contributed by atoms with Crippen molar-refractivity contribution in [1.29, 1.82) is 0 Å². The number of amides is 2. The van der Waals surface area contributed by atoms with Gasteiger partial charge in [-0.05, 0) is 30.3 Å². The average Bonchev–Trinajstić information content (AvgIpc) is 2.59. The number of nitrogens with one attached hydrogen (secondary N) is 1. The molecule has 0 aliphatic carbocycles. The molecule has 2 amide bonds. The Labute approximate surface area is 157 Å². The van der Waals surface area contributed by atoms with Gasteiger partial charge in [-0.15, -0.1) is 11.8 Å². The molecule has 0 spiro atoms.